The van der Waals surface area contributed by atoms with Crippen LogP contribution in [0, 0.1) is 0 Å². The van der Waals surface area contributed by atoms with Crippen LogP contribution in [0.1, 0.15) is 0 Å². The van der Waals surface area contributed by atoms with Gasteiger partial charge in [-0.3, -0.25) is 4.98 Å². The van der Waals surface area contributed by atoms with E-state index in [-0.39, 0.29) is 0 Å². The Morgan fingerprint density at radius 2 is 2.12 bits per heavy atom. The van der Waals surface area contributed by atoms with Crippen molar-refractivity contribution in [3.05, 3.63) is 29.4 Å². The average Bonchev–Trinajstić information content (AvgIpc) is 2.30. The van der Waals surface area contributed by atoms with E-state index in [4.69, 9.17) is 21.1 Å². The Hall–Kier alpha value is -1.39. The van der Waals surface area contributed by atoms with Crippen LogP contribution in [0.5, 0.6) is 5.88 Å². The first-order valence-electron chi connectivity index (χ1n) is 4.84. The van der Waals surface area contributed by atoms with Crippen LogP contribution < -0.4 is 4.74 Å². The van der Waals surface area contributed by atoms with Crippen LogP contribution >= 0.6 is 11.6 Å². The normalized spacial score (nSPS) is 10.6. The van der Waals surface area contributed by atoms with Gasteiger partial charge in [-0.05, 0) is 12.1 Å². The molecule has 0 aliphatic heterocycles. The SMILES string of the molecule is COCCOc1ccc2nccc(Cl)c2n1. The molecule has 0 amide bonds. The lowest BCUT2D eigenvalue weighted by atomic mass is 10.3. The number of halogens is 1. The Balaban J connectivity index is 2.25. The van der Waals surface area contributed by atoms with Crippen molar-refractivity contribution in [1.29, 1.82) is 0 Å². The van der Waals surface area contributed by atoms with Crippen molar-refractivity contribution < 1.29 is 9.47 Å². The van der Waals surface area contributed by atoms with Gasteiger partial charge in [0.2, 0.25) is 5.88 Å². The Morgan fingerprint density at radius 3 is 2.94 bits per heavy atom. The molecule has 0 fully saturated rings. The second-order valence-corrected chi connectivity index (χ2v) is 3.56. The zero-order chi connectivity index (χ0) is 11.4. The summed E-state index contributed by atoms with van der Waals surface area (Å²) in [6.07, 6.45) is 1.65. The molecular formula is C11H11ClN2O2. The fourth-order valence-corrected chi connectivity index (χ4v) is 1.48. The minimum absolute atomic E-state index is 0.465. The standard InChI is InChI=1S/C11H11ClN2O2/c1-15-6-7-16-10-3-2-9-11(14-10)8(12)4-5-13-9/h2-5H,6-7H2,1H3. The van der Waals surface area contributed by atoms with Crippen LogP contribution in [0.15, 0.2) is 24.4 Å². The van der Waals surface area contributed by atoms with E-state index < -0.39 is 0 Å². The monoisotopic (exact) mass is 238 g/mol. The highest BCUT2D eigenvalue weighted by Gasteiger charge is 2.03. The van der Waals surface area contributed by atoms with Crippen LogP contribution in [0.4, 0.5) is 0 Å². The van der Waals surface area contributed by atoms with Crippen molar-refractivity contribution in [2.75, 3.05) is 20.3 Å². The summed E-state index contributed by atoms with van der Waals surface area (Å²) in [4.78, 5) is 8.43. The number of ether oxygens (including phenoxy) is 2. The van der Waals surface area contributed by atoms with Gasteiger partial charge in [0, 0.05) is 19.4 Å². The Bertz CT molecular complexity index is 490. The summed E-state index contributed by atoms with van der Waals surface area (Å²) in [5.74, 6) is 0.527. The predicted octanol–water partition coefficient (Wildman–Crippen LogP) is 2.31. The van der Waals surface area contributed by atoms with E-state index in [1.54, 1.807) is 25.4 Å². The van der Waals surface area contributed by atoms with Gasteiger partial charge >= 0.3 is 0 Å². The first-order valence-corrected chi connectivity index (χ1v) is 5.22. The Kier molecular flexibility index (Phi) is 3.54. The van der Waals surface area contributed by atoms with Crippen molar-refractivity contribution in [3.63, 3.8) is 0 Å². The molecule has 5 heteroatoms. The van der Waals surface area contributed by atoms with Crippen molar-refractivity contribution in [1.82, 2.24) is 9.97 Å². The second-order valence-electron chi connectivity index (χ2n) is 3.15. The molecule has 0 unspecified atom stereocenters. The van der Waals surface area contributed by atoms with Crippen LogP contribution in [0.2, 0.25) is 5.02 Å². The summed E-state index contributed by atoms with van der Waals surface area (Å²) >= 11 is 6.01. The molecule has 84 valence electrons. The predicted molar refractivity (Wildman–Crippen MR) is 61.9 cm³/mol. The molecule has 0 aliphatic carbocycles. The largest absolute Gasteiger partial charge is 0.475 e. The van der Waals surface area contributed by atoms with Gasteiger partial charge in [-0.1, -0.05) is 11.6 Å². The zero-order valence-electron chi connectivity index (χ0n) is 8.81. The van der Waals surface area contributed by atoms with Crippen molar-refractivity contribution in [2.45, 2.75) is 0 Å². The van der Waals surface area contributed by atoms with Gasteiger partial charge in [-0.15, -0.1) is 0 Å². The molecule has 2 aromatic rings. The van der Waals surface area contributed by atoms with Gasteiger partial charge in [0.05, 0.1) is 17.1 Å². The highest BCUT2D eigenvalue weighted by Crippen LogP contribution is 2.21. The Labute approximate surface area is 98.2 Å². The lowest BCUT2D eigenvalue weighted by molar-refractivity contribution is 0.144. The highest BCUT2D eigenvalue weighted by atomic mass is 35.5. The van der Waals surface area contributed by atoms with Crippen LogP contribution in [0.25, 0.3) is 11.0 Å². The molecule has 0 bridgehead atoms. The summed E-state index contributed by atoms with van der Waals surface area (Å²) in [5.41, 5.74) is 1.41. The van der Waals surface area contributed by atoms with Gasteiger partial charge in [0.1, 0.15) is 12.1 Å². The van der Waals surface area contributed by atoms with E-state index in [1.165, 1.54) is 0 Å². The summed E-state index contributed by atoms with van der Waals surface area (Å²) in [5, 5.41) is 0.571. The van der Waals surface area contributed by atoms with Gasteiger partial charge in [-0.2, -0.15) is 0 Å². The maximum atomic E-state index is 6.01. The average molecular weight is 239 g/mol. The zero-order valence-corrected chi connectivity index (χ0v) is 9.57. The third-order valence-corrected chi connectivity index (χ3v) is 2.35. The van der Waals surface area contributed by atoms with E-state index in [1.807, 2.05) is 6.07 Å². The van der Waals surface area contributed by atoms with Crippen LogP contribution in [0.3, 0.4) is 0 Å². The molecule has 0 spiro atoms. The van der Waals surface area contributed by atoms with Crippen LogP contribution in [-0.4, -0.2) is 30.3 Å². The van der Waals surface area contributed by atoms with Gasteiger partial charge in [-0.25, -0.2) is 4.98 Å². The molecule has 0 radical (unpaired) electrons. The van der Waals surface area contributed by atoms with E-state index in [0.29, 0.717) is 29.6 Å². The number of fused-ring (bicyclic) bond motifs is 1. The van der Waals surface area contributed by atoms with Crippen molar-refractivity contribution in [2.24, 2.45) is 0 Å². The van der Waals surface area contributed by atoms with Crippen LogP contribution in [-0.2, 0) is 4.74 Å². The quantitative estimate of drug-likeness (QED) is 0.767. The molecule has 0 saturated carbocycles. The molecule has 0 aliphatic rings. The Morgan fingerprint density at radius 1 is 1.25 bits per heavy atom. The topological polar surface area (TPSA) is 44.2 Å². The highest BCUT2D eigenvalue weighted by molar-refractivity contribution is 6.34. The molecular weight excluding hydrogens is 228 g/mol. The summed E-state index contributed by atoms with van der Waals surface area (Å²) < 4.78 is 10.3. The number of nitrogens with zero attached hydrogens (tertiary/aromatic N) is 2. The first-order chi connectivity index (χ1) is 7.81. The maximum absolute atomic E-state index is 6.01. The number of pyridine rings is 2. The van der Waals surface area contributed by atoms with E-state index in [9.17, 15) is 0 Å². The van der Waals surface area contributed by atoms with Crippen molar-refractivity contribution in [3.8, 4) is 5.88 Å². The van der Waals surface area contributed by atoms with Crippen molar-refractivity contribution >= 4 is 22.6 Å². The molecule has 0 aromatic carbocycles. The summed E-state index contributed by atoms with van der Waals surface area (Å²) in [6.45, 7) is 0.993. The minimum Gasteiger partial charge on any atom is -0.475 e. The minimum atomic E-state index is 0.465. The number of methoxy groups -OCH3 is 1. The van der Waals surface area contributed by atoms with Gasteiger partial charge < -0.3 is 9.47 Å². The molecule has 0 N–H and O–H groups in total. The molecule has 0 atom stereocenters. The third kappa shape index (κ3) is 2.40. The molecule has 2 rings (SSSR count). The van der Waals surface area contributed by atoms with E-state index >= 15 is 0 Å². The number of rotatable bonds is 4. The summed E-state index contributed by atoms with van der Waals surface area (Å²) in [7, 11) is 1.62. The fourth-order valence-electron chi connectivity index (χ4n) is 1.29. The number of aromatic nitrogens is 2. The number of hydrogen-bond donors (Lipinski definition) is 0. The molecule has 0 saturated heterocycles. The molecule has 16 heavy (non-hydrogen) atoms. The second kappa shape index (κ2) is 5.09. The van der Waals surface area contributed by atoms with E-state index in [0.717, 1.165) is 5.52 Å². The fraction of sp³-hybridized carbons (Fsp3) is 0.273. The van der Waals surface area contributed by atoms with Gasteiger partial charge in [0.25, 0.3) is 0 Å². The smallest absolute Gasteiger partial charge is 0.214 e. The van der Waals surface area contributed by atoms with E-state index in [2.05, 4.69) is 9.97 Å². The van der Waals surface area contributed by atoms with Gasteiger partial charge in [0.15, 0.2) is 0 Å². The summed E-state index contributed by atoms with van der Waals surface area (Å²) in [6, 6.07) is 5.30. The molecule has 4 nitrogen and oxygen atoms in total. The first kappa shape index (κ1) is 11.1. The lowest BCUT2D eigenvalue weighted by Crippen LogP contribution is -2.05. The lowest BCUT2D eigenvalue weighted by Gasteiger charge is -2.05. The molecule has 2 aromatic heterocycles. The number of hydrogen-bond acceptors (Lipinski definition) is 4. The molecule has 2 heterocycles. The maximum Gasteiger partial charge on any atom is 0.214 e. The third-order valence-electron chi connectivity index (χ3n) is 2.05.